The van der Waals surface area contributed by atoms with Crippen molar-refractivity contribution in [1.29, 1.82) is 5.26 Å². The highest BCUT2D eigenvalue weighted by molar-refractivity contribution is 6.04. The molecule has 6 nitrogen and oxygen atoms in total. The third-order valence-electron chi connectivity index (χ3n) is 2.89. The Balaban J connectivity index is 1.92. The van der Waals surface area contributed by atoms with Crippen LogP contribution in [0.15, 0.2) is 29.4 Å². The van der Waals surface area contributed by atoms with Crippen LogP contribution in [-0.4, -0.2) is 15.9 Å². The fourth-order valence-corrected chi connectivity index (χ4v) is 1.88. The average molecular weight is 238 g/mol. The molecule has 0 spiro atoms. The molecule has 0 saturated carbocycles. The van der Waals surface area contributed by atoms with Gasteiger partial charge in [0.2, 0.25) is 0 Å². The number of fused-ring (bicyclic) bond motifs is 1. The summed E-state index contributed by atoms with van der Waals surface area (Å²) in [6.07, 6.45) is 0.622. The van der Waals surface area contributed by atoms with E-state index in [4.69, 9.17) is 11.0 Å². The molecule has 0 amide bonds. The largest absolute Gasteiger partial charge is 0.384 e. The zero-order valence-corrected chi connectivity index (χ0v) is 9.44. The van der Waals surface area contributed by atoms with Gasteiger partial charge in [-0.1, -0.05) is 12.1 Å². The van der Waals surface area contributed by atoms with Gasteiger partial charge in [-0.2, -0.15) is 15.5 Å². The summed E-state index contributed by atoms with van der Waals surface area (Å²) in [5.41, 5.74) is 12.0. The van der Waals surface area contributed by atoms with Crippen LogP contribution in [0.2, 0.25) is 0 Å². The van der Waals surface area contributed by atoms with Crippen molar-refractivity contribution in [3.63, 3.8) is 0 Å². The van der Waals surface area contributed by atoms with E-state index < -0.39 is 0 Å². The van der Waals surface area contributed by atoms with Gasteiger partial charge in [0.1, 0.15) is 5.82 Å². The molecule has 0 fully saturated rings. The molecule has 3 rings (SSSR count). The molecule has 4 N–H and O–H groups in total. The molecule has 0 unspecified atom stereocenters. The van der Waals surface area contributed by atoms with E-state index in [0.717, 1.165) is 16.8 Å². The molecule has 0 aliphatic carbocycles. The molecule has 6 heteroatoms. The standard InChI is InChI=1S/C12H10N6/c13-6-7-1-3-8(4-2-7)10-5-9-11(14)16-18-12(9)17-15-10/h1-4H,5H2,(H4,14,16,17,18). The summed E-state index contributed by atoms with van der Waals surface area (Å²) >= 11 is 0. The van der Waals surface area contributed by atoms with Crippen molar-refractivity contribution in [2.24, 2.45) is 5.10 Å². The Morgan fingerprint density at radius 1 is 1.28 bits per heavy atom. The first-order valence-corrected chi connectivity index (χ1v) is 5.44. The second kappa shape index (κ2) is 3.89. The highest BCUT2D eigenvalue weighted by atomic mass is 15.4. The van der Waals surface area contributed by atoms with E-state index in [1.54, 1.807) is 12.1 Å². The zero-order valence-electron chi connectivity index (χ0n) is 9.44. The van der Waals surface area contributed by atoms with Crippen LogP contribution >= 0.6 is 0 Å². The number of anilines is 2. The molecular formula is C12H10N6. The lowest BCUT2D eigenvalue weighted by molar-refractivity contribution is 1.07. The third kappa shape index (κ3) is 1.58. The number of hydrogen-bond donors (Lipinski definition) is 3. The maximum Gasteiger partial charge on any atom is 0.173 e. The first-order valence-electron chi connectivity index (χ1n) is 5.44. The Hall–Kier alpha value is -2.81. The summed E-state index contributed by atoms with van der Waals surface area (Å²) in [5.74, 6) is 1.23. The molecule has 0 atom stereocenters. The molecule has 18 heavy (non-hydrogen) atoms. The van der Waals surface area contributed by atoms with Gasteiger partial charge in [-0.25, -0.2) is 0 Å². The number of aromatic amines is 1. The van der Waals surface area contributed by atoms with E-state index in [0.29, 0.717) is 23.6 Å². The van der Waals surface area contributed by atoms with Gasteiger partial charge < -0.3 is 5.73 Å². The monoisotopic (exact) mass is 238 g/mol. The molecule has 0 saturated heterocycles. The van der Waals surface area contributed by atoms with Crippen LogP contribution < -0.4 is 11.2 Å². The lowest BCUT2D eigenvalue weighted by Crippen LogP contribution is -2.14. The number of H-pyrrole nitrogens is 1. The number of rotatable bonds is 1. The molecule has 0 radical (unpaired) electrons. The number of hydrogen-bond acceptors (Lipinski definition) is 5. The zero-order chi connectivity index (χ0) is 12.5. The van der Waals surface area contributed by atoms with Gasteiger partial charge in [0.15, 0.2) is 5.82 Å². The van der Waals surface area contributed by atoms with Crippen LogP contribution in [0.3, 0.4) is 0 Å². The van der Waals surface area contributed by atoms with E-state index in [1.165, 1.54) is 0 Å². The third-order valence-corrected chi connectivity index (χ3v) is 2.89. The van der Waals surface area contributed by atoms with E-state index >= 15 is 0 Å². The minimum atomic E-state index is 0.554. The number of aromatic nitrogens is 2. The van der Waals surface area contributed by atoms with Gasteiger partial charge in [0.05, 0.1) is 17.3 Å². The summed E-state index contributed by atoms with van der Waals surface area (Å²) < 4.78 is 0. The topological polar surface area (TPSA) is 103 Å². The number of nitrogens with zero attached hydrogens (tertiary/aromatic N) is 3. The van der Waals surface area contributed by atoms with Crippen molar-refractivity contribution < 1.29 is 0 Å². The predicted octanol–water partition coefficient (Wildman–Crippen LogP) is 1.24. The SMILES string of the molecule is N#Cc1ccc(C2=NNc3n[nH]c(N)c3C2)cc1. The number of hydrazone groups is 1. The quantitative estimate of drug-likeness (QED) is 0.695. The first-order chi connectivity index (χ1) is 8.78. The van der Waals surface area contributed by atoms with Crippen LogP contribution in [0.25, 0.3) is 0 Å². The second-order valence-electron chi connectivity index (χ2n) is 4.00. The van der Waals surface area contributed by atoms with Crippen molar-refractivity contribution in [2.75, 3.05) is 11.2 Å². The van der Waals surface area contributed by atoms with E-state index in [2.05, 4.69) is 26.8 Å². The van der Waals surface area contributed by atoms with E-state index in [9.17, 15) is 0 Å². The number of nitrogen functional groups attached to an aromatic ring is 1. The number of benzene rings is 1. The Kier molecular flexibility index (Phi) is 2.24. The molecule has 88 valence electrons. The van der Waals surface area contributed by atoms with Gasteiger partial charge in [0, 0.05) is 12.0 Å². The highest BCUT2D eigenvalue weighted by Crippen LogP contribution is 2.24. The minimum absolute atomic E-state index is 0.554. The molecule has 1 aromatic carbocycles. The highest BCUT2D eigenvalue weighted by Gasteiger charge is 2.19. The molecule has 2 heterocycles. The summed E-state index contributed by atoms with van der Waals surface area (Å²) in [6, 6.07) is 9.38. The van der Waals surface area contributed by atoms with Crippen molar-refractivity contribution in [3.8, 4) is 6.07 Å². The van der Waals surface area contributed by atoms with Gasteiger partial charge in [-0.15, -0.1) is 0 Å². The first kappa shape index (κ1) is 10.4. The Morgan fingerprint density at radius 3 is 2.78 bits per heavy atom. The molecular weight excluding hydrogens is 228 g/mol. The number of nitriles is 1. The van der Waals surface area contributed by atoms with Crippen LogP contribution in [0.1, 0.15) is 16.7 Å². The van der Waals surface area contributed by atoms with Crippen LogP contribution in [0.4, 0.5) is 11.6 Å². The van der Waals surface area contributed by atoms with Crippen molar-refractivity contribution in [3.05, 3.63) is 41.0 Å². The minimum Gasteiger partial charge on any atom is -0.384 e. The van der Waals surface area contributed by atoms with Crippen LogP contribution in [-0.2, 0) is 6.42 Å². The molecule has 1 aliphatic rings. The summed E-state index contributed by atoms with van der Waals surface area (Å²) in [4.78, 5) is 0. The fourth-order valence-electron chi connectivity index (χ4n) is 1.88. The van der Waals surface area contributed by atoms with Crippen molar-refractivity contribution >= 4 is 17.3 Å². The average Bonchev–Trinajstić information content (AvgIpc) is 2.80. The van der Waals surface area contributed by atoms with Gasteiger partial charge >= 0.3 is 0 Å². The number of nitrogens with one attached hydrogen (secondary N) is 2. The normalized spacial score (nSPS) is 13.2. The molecule has 1 aromatic heterocycles. The maximum atomic E-state index is 8.76. The fraction of sp³-hybridized carbons (Fsp3) is 0.0833. The summed E-state index contributed by atoms with van der Waals surface area (Å²) in [5, 5.41) is 19.7. The van der Waals surface area contributed by atoms with Crippen LogP contribution in [0.5, 0.6) is 0 Å². The predicted molar refractivity (Wildman–Crippen MR) is 68.0 cm³/mol. The van der Waals surface area contributed by atoms with Gasteiger partial charge in [-0.3, -0.25) is 10.5 Å². The van der Waals surface area contributed by atoms with Gasteiger partial charge in [0.25, 0.3) is 0 Å². The Morgan fingerprint density at radius 2 is 2.06 bits per heavy atom. The molecule has 2 aromatic rings. The van der Waals surface area contributed by atoms with E-state index in [-0.39, 0.29) is 0 Å². The summed E-state index contributed by atoms with van der Waals surface area (Å²) in [7, 11) is 0. The molecule has 0 bridgehead atoms. The number of nitrogens with two attached hydrogens (primary N) is 1. The van der Waals surface area contributed by atoms with E-state index in [1.807, 2.05) is 12.1 Å². The summed E-state index contributed by atoms with van der Waals surface area (Å²) in [6.45, 7) is 0. The van der Waals surface area contributed by atoms with Crippen LogP contribution in [0, 0.1) is 11.3 Å². The smallest absolute Gasteiger partial charge is 0.173 e. The Bertz CT molecular complexity index is 659. The lowest BCUT2D eigenvalue weighted by Gasteiger charge is -2.13. The maximum absolute atomic E-state index is 8.76. The second-order valence-corrected chi connectivity index (χ2v) is 4.00. The van der Waals surface area contributed by atoms with Crippen molar-refractivity contribution in [2.45, 2.75) is 6.42 Å². The Labute approximate surface area is 103 Å². The molecule has 1 aliphatic heterocycles. The van der Waals surface area contributed by atoms with Crippen molar-refractivity contribution in [1.82, 2.24) is 10.2 Å². The van der Waals surface area contributed by atoms with Gasteiger partial charge in [-0.05, 0) is 17.7 Å². The lowest BCUT2D eigenvalue weighted by atomic mass is 10.0.